The van der Waals surface area contributed by atoms with Crippen LogP contribution in [0.25, 0.3) is 0 Å². The largest absolute Gasteiger partial charge is 0.280 e. The third kappa shape index (κ3) is 4.63. The zero-order valence-corrected chi connectivity index (χ0v) is 10.5. The fraction of sp³-hybridized carbons (Fsp3) is 0. The molecule has 0 spiro atoms. The highest BCUT2D eigenvalue weighted by atomic mass is 35.6. The summed E-state index contributed by atoms with van der Waals surface area (Å²) in [6.45, 7) is 0. The number of benzene rings is 2. The van der Waals surface area contributed by atoms with Gasteiger partial charge in [0.15, 0.2) is 0 Å². The molecule has 5 heteroatoms. The summed E-state index contributed by atoms with van der Waals surface area (Å²) >= 11 is 8.53. The van der Waals surface area contributed by atoms with E-state index in [0.29, 0.717) is 0 Å². The van der Waals surface area contributed by atoms with Crippen molar-refractivity contribution in [3.63, 3.8) is 0 Å². The van der Waals surface area contributed by atoms with E-state index in [0.717, 1.165) is 11.4 Å². The van der Waals surface area contributed by atoms with E-state index in [1.165, 1.54) is 0 Å². The van der Waals surface area contributed by atoms with Gasteiger partial charge in [-0.3, -0.25) is 5.01 Å². The van der Waals surface area contributed by atoms with Crippen LogP contribution in [0.5, 0.6) is 0 Å². The Kier molecular flexibility index (Phi) is 6.43. The Morgan fingerprint density at radius 2 is 1.06 bits per heavy atom. The summed E-state index contributed by atoms with van der Waals surface area (Å²) in [5.41, 5.74) is 1.97. The first-order valence-corrected chi connectivity index (χ1v) is 5.45. The molecule has 0 aliphatic rings. The van der Waals surface area contributed by atoms with Crippen LogP contribution in [0.2, 0.25) is 0 Å². The molecule has 0 amide bonds. The first-order valence-electron chi connectivity index (χ1n) is 4.84. The van der Waals surface area contributed by atoms with Gasteiger partial charge in [0, 0.05) is 0 Å². The van der Waals surface area contributed by atoms with Crippen molar-refractivity contribution in [2.24, 2.45) is 5.84 Å². The Bertz CT molecular complexity index is 372. The third-order valence-corrected chi connectivity index (χ3v) is 2.07. The molecule has 17 heavy (non-hydrogen) atoms. The molecule has 0 radical (unpaired) electrons. The maximum atomic E-state index is 5.95. The SMILES string of the molecule is ClOCl.NN(c1ccccc1)c1ccccc1. The van der Waals surface area contributed by atoms with E-state index in [2.05, 4.69) is 27.6 Å². The van der Waals surface area contributed by atoms with Gasteiger partial charge in [0.2, 0.25) is 0 Å². The zero-order valence-electron chi connectivity index (χ0n) is 8.96. The highest BCUT2D eigenvalue weighted by Gasteiger charge is 2.01. The molecule has 2 N–H and O–H groups in total. The van der Waals surface area contributed by atoms with Crippen LogP contribution in [-0.2, 0) is 3.84 Å². The highest BCUT2D eigenvalue weighted by molar-refractivity contribution is 6.24. The monoisotopic (exact) mass is 270 g/mol. The molecule has 0 fully saturated rings. The topological polar surface area (TPSA) is 38.5 Å². The quantitative estimate of drug-likeness (QED) is 0.662. The Hall–Kier alpha value is -1.26. The van der Waals surface area contributed by atoms with Gasteiger partial charge < -0.3 is 0 Å². The van der Waals surface area contributed by atoms with Crippen LogP contribution in [-0.4, -0.2) is 0 Å². The van der Waals surface area contributed by atoms with Crippen LogP contribution in [0.3, 0.4) is 0 Å². The molecule has 0 aliphatic carbocycles. The van der Waals surface area contributed by atoms with Gasteiger partial charge >= 0.3 is 0 Å². The summed E-state index contributed by atoms with van der Waals surface area (Å²) in [5.74, 6) is 5.95. The lowest BCUT2D eigenvalue weighted by molar-refractivity contribution is 0.697. The smallest absolute Gasteiger partial charge is 0.0832 e. The molecule has 0 bridgehead atoms. The molecule has 0 aliphatic heterocycles. The van der Waals surface area contributed by atoms with Gasteiger partial charge in [0.1, 0.15) is 0 Å². The molecule has 2 aromatic carbocycles. The fourth-order valence-corrected chi connectivity index (χ4v) is 1.33. The average molecular weight is 271 g/mol. The van der Waals surface area contributed by atoms with Crippen molar-refractivity contribution in [3.8, 4) is 0 Å². The number of nitrogens with two attached hydrogens (primary N) is 1. The second-order valence-corrected chi connectivity index (χ2v) is 3.57. The van der Waals surface area contributed by atoms with E-state index in [9.17, 15) is 0 Å². The second kappa shape index (κ2) is 7.92. The first-order chi connectivity index (χ1) is 8.29. The van der Waals surface area contributed by atoms with E-state index < -0.39 is 0 Å². The van der Waals surface area contributed by atoms with Gasteiger partial charge in [-0.25, -0.2) is 5.84 Å². The maximum Gasteiger partial charge on any atom is 0.0832 e. The van der Waals surface area contributed by atoms with E-state index in [1.54, 1.807) is 5.01 Å². The van der Waals surface area contributed by atoms with Crippen molar-refractivity contribution >= 4 is 35.1 Å². The van der Waals surface area contributed by atoms with Crippen molar-refractivity contribution in [3.05, 3.63) is 60.7 Å². The predicted octanol–water partition coefficient (Wildman–Crippen LogP) is 4.01. The van der Waals surface area contributed by atoms with Gasteiger partial charge in [-0.15, -0.1) is 0 Å². The summed E-state index contributed by atoms with van der Waals surface area (Å²) < 4.78 is 3.19. The van der Waals surface area contributed by atoms with Gasteiger partial charge in [0.25, 0.3) is 0 Å². The van der Waals surface area contributed by atoms with Crippen molar-refractivity contribution in [2.75, 3.05) is 5.01 Å². The number of hydrogen-bond acceptors (Lipinski definition) is 3. The van der Waals surface area contributed by atoms with Crippen LogP contribution in [0.4, 0.5) is 11.4 Å². The molecule has 3 nitrogen and oxygen atoms in total. The highest BCUT2D eigenvalue weighted by Crippen LogP contribution is 2.20. The molecule has 0 aromatic heterocycles. The molecule has 0 unspecified atom stereocenters. The Morgan fingerprint density at radius 3 is 1.35 bits per heavy atom. The van der Waals surface area contributed by atoms with Crippen molar-refractivity contribution in [1.29, 1.82) is 0 Å². The van der Waals surface area contributed by atoms with E-state index in [-0.39, 0.29) is 0 Å². The van der Waals surface area contributed by atoms with Crippen LogP contribution in [0.1, 0.15) is 0 Å². The minimum Gasteiger partial charge on any atom is -0.280 e. The standard InChI is InChI=1S/C12H12N2.Cl2O/c13-14(11-7-3-1-4-8-11)12-9-5-2-6-10-12;1-3-2/h1-10H,13H2;. The number of hydrogen-bond donors (Lipinski definition) is 1. The molecule has 2 aromatic rings. The lowest BCUT2D eigenvalue weighted by atomic mass is 10.2. The van der Waals surface area contributed by atoms with Crippen LogP contribution < -0.4 is 10.9 Å². The summed E-state index contributed by atoms with van der Waals surface area (Å²) in [4.78, 5) is 0. The van der Waals surface area contributed by atoms with E-state index >= 15 is 0 Å². The van der Waals surface area contributed by atoms with Gasteiger partial charge in [-0.1, -0.05) is 36.4 Å². The molecule has 0 saturated carbocycles. The molecular weight excluding hydrogens is 259 g/mol. The fourth-order valence-electron chi connectivity index (χ4n) is 1.33. The summed E-state index contributed by atoms with van der Waals surface area (Å²) in [7, 11) is 0. The predicted molar refractivity (Wildman–Crippen MR) is 72.0 cm³/mol. The van der Waals surface area contributed by atoms with E-state index in [1.807, 2.05) is 60.7 Å². The van der Waals surface area contributed by atoms with Crippen LogP contribution in [0, 0.1) is 0 Å². The summed E-state index contributed by atoms with van der Waals surface area (Å²) in [6.07, 6.45) is 0. The van der Waals surface area contributed by atoms with Crippen molar-refractivity contribution in [1.82, 2.24) is 0 Å². The lowest BCUT2D eigenvalue weighted by Gasteiger charge is -2.18. The van der Waals surface area contributed by atoms with Gasteiger partial charge in [-0.05, 0) is 24.3 Å². The van der Waals surface area contributed by atoms with Crippen molar-refractivity contribution in [2.45, 2.75) is 0 Å². The minimum atomic E-state index is 0.985. The third-order valence-electron chi connectivity index (χ3n) is 2.07. The molecular formula is C12H12Cl2N2O. The number of hydrazine groups is 1. The zero-order chi connectivity index (χ0) is 12.5. The average Bonchev–Trinajstić information content (AvgIpc) is 2.41. The van der Waals surface area contributed by atoms with Gasteiger partial charge in [0.05, 0.1) is 35.1 Å². The summed E-state index contributed by atoms with van der Waals surface area (Å²) in [6, 6.07) is 19.7. The van der Waals surface area contributed by atoms with E-state index in [4.69, 9.17) is 5.84 Å². The minimum absolute atomic E-state index is 0.985. The number of anilines is 2. The molecule has 2 rings (SSSR count). The second-order valence-electron chi connectivity index (χ2n) is 3.10. The normalized spacial score (nSPS) is 9.12. The number of halogens is 2. The van der Waals surface area contributed by atoms with Crippen LogP contribution in [0.15, 0.2) is 60.7 Å². The summed E-state index contributed by atoms with van der Waals surface area (Å²) in [5, 5.41) is 1.67. The number of rotatable bonds is 2. The number of para-hydroxylation sites is 2. The molecule has 0 saturated heterocycles. The van der Waals surface area contributed by atoms with Gasteiger partial charge in [-0.2, -0.15) is 3.84 Å². The van der Waals surface area contributed by atoms with Crippen molar-refractivity contribution < 1.29 is 3.84 Å². The lowest BCUT2D eigenvalue weighted by Crippen LogP contribution is -2.24. The molecule has 0 atom stereocenters. The number of nitrogens with zero attached hydrogens (tertiary/aromatic N) is 1. The van der Waals surface area contributed by atoms with Crippen LogP contribution >= 0.6 is 23.7 Å². The molecule has 0 heterocycles. The first kappa shape index (κ1) is 13.8. The Morgan fingerprint density at radius 1 is 0.765 bits per heavy atom. The Balaban J connectivity index is 0.000000437. The maximum absolute atomic E-state index is 5.95. The Labute approximate surface area is 111 Å². The molecule has 90 valence electrons.